The van der Waals surface area contributed by atoms with E-state index in [0.29, 0.717) is 13.1 Å². The minimum absolute atomic E-state index is 0.532. The summed E-state index contributed by atoms with van der Waals surface area (Å²) < 4.78 is 3.51. The number of aromatic nitrogens is 7. The Labute approximate surface area is 98.8 Å². The van der Waals surface area contributed by atoms with E-state index in [0.717, 1.165) is 30.9 Å². The smallest absolute Gasteiger partial charge is 0.172 e. The number of nitrogens with two attached hydrogens (primary N) is 1. The molecule has 0 spiro atoms. The van der Waals surface area contributed by atoms with Gasteiger partial charge in [-0.2, -0.15) is 0 Å². The molecule has 17 heavy (non-hydrogen) atoms. The molecule has 0 atom stereocenters. The van der Waals surface area contributed by atoms with Gasteiger partial charge in [-0.25, -0.2) is 9.36 Å². The second-order valence-electron chi connectivity index (χ2n) is 3.76. The van der Waals surface area contributed by atoms with Gasteiger partial charge in [-0.3, -0.25) is 0 Å². The molecule has 0 amide bonds. The lowest BCUT2D eigenvalue weighted by molar-refractivity contribution is 0.526. The highest BCUT2D eigenvalue weighted by molar-refractivity contribution is 4.94. The van der Waals surface area contributed by atoms with Crippen molar-refractivity contribution in [3.05, 3.63) is 17.7 Å². The van der Waals surface area contributed by atoms with E-state index in [-0.39, 0.29) is 0 Å². The topological polar surface area (TPSA) is 100 Å². The SMILES string of the molecule is CCCn1nnnc1Cn1cc(CCN)nn1. The molecule has 0 fully saturated rings. The number of nitrogens with zero attached hydrogens (tertiary/aromatic N) is 7. The third-order valence-corrected chi connectivity index (χ3v) is 2.33. The minimum atomic E-state index is 0.532. The minimum Gasteiger partial charge on any atom is -0.330 e. The summed E-state index contributed by atoms with van der Waals surface area (Å²) in [7, 11) is 0. The number of hydrogen-bond acceptors (Lipinski definition) is 6. The zero-order valence-electron chi connectivity index (χ0n) is 9.82. The molecule has 2 aromatic heterocycles. The van der Waals surface area contributed by atoms with Crippen molar-refractivity contribution in [1.82, 2.24) is 35.2 Å². The normalized spacial score (nSPS) is 10.9. The predicted octanol–water partition coefficient (Wildman–Crippen LogP) is -0.776. The third kappa shape index (κ3) is 2.84. The van der Waals surface area contributed by atoms with Crippen molar-refractivity contribution in [3.63, 3.8) is 0 Å². The highest BCUT2D eigenvalue weighted by Gasteiger charge is 2.07. The Morgan fingerprint density at radius 3 is 2.94 bits per heavy atom. The first kappa shape index (κ1) is 11.6. The maximum atomic E-state index is 5.46. The molecule has 8 heteroatoms. The first-order valence-corrected chi connectivity index (χ1v) is 5.67. The van der Waals surface area contributed by atoms with Gasteiger partial charge in [0.15, 0.2) is 5.82 Å². The van der Waals surface area contributed by atoms with Crippen molar-refractivity contribution in [3.8, 4) is 0 Å². The summed E-state index contributed by atoms with van der Waals surface area (Å²) in [6, 6.07) is 0. The lowest BCUT2D eigenvalue weighted by Gasteiger charge is -2.01. The molecule has 8 nitrogen and oxygen atoms in total. The van der Waals surface area contributed by atoms with E-state index in [1.807, 2.05) is 6.20 Å². The van der Waals surface area contributed by atoms with Crippen molar-refractivity contribution in [2.24, 2.45) is 5.73 Å². The van der Waals surface area contributed by atoms with Crippen LogP contribution < -0.4 is 5.73 Å². The van der Waals surface area contributed by atoms with Crippen LogP contribution in [0.1, 0.15) is 24.9 Å². The predicted molar refractivity (Wildman–Crippen MR) is 60.0 cm³/mol. The van der Waals surface area contributed by atoms with Crippen molar-refractivity contribution < 1.29 is 0 Å². The van der Waals surface area contributed by atoms with Gasteiger partial charge in [-0.05, 0) is 23.4 Å². The Morgan fingerprint density at radius 1 is 1.29 bits per heavy atom. The molecule has 2 N–H and O–H groups in total. The molecule has 0 aliphatic rings. The van der Waals surface area contributed by atoms with Gasteiger partial charge in [0, 0.05) is 19.2 Å². The van der Waals surface area contributed by atoms with Crippen LogP contribution in [0.5, 0.6) is 0 Å². The van der Waals surface area contributed by atoms with E-state index in [4.69, 9.17) is 5.73 Å². The molecule has 2 rings (SSSR count). The Morgan fingerprint density at radius 2 is 2.18 bits per heavy atom. The molecule has 0 radical (unpaired) electrons. The molecule has 0 saturated heterocycles. The van der Waals surface area contributed by atoms with Crippen LogP contribution in [0.2, 0.25) is 0 Å². The standard InChI is InChI=1S/C9H16N8/c1-2-5-17-9(12-13-15-17)7-16-6-8(3-4-10)11-14-16/h6H,2-5,7,10H2,1H3. The summed E-state index contributed by atoms with van der Waals surface area (Å²) in [6.07, 6.45) is 3.60. The number of hydrogen-bond donors (Lipinski definition) is 1. The van der Waals surface area contributed by atoms with E-state index in [9.17, 15) is 0 Å². The zero-order valence-corrected chi connectivity index (χ0v) is 9.82. The van der Waals surface area contributed by atoms with Gasteiger partial charge in [0.05, 0.1) is 5.69 Å². The molecule has 0 aliphatic heterocycles. The largest absolute Gasteiger partial charge is 0.330 e. The monoisotopic (exact) mass is 236 g/mol. The molecular weight excluding hydrogens is 220 g/mol. The zero-order chi connectivity index (χ0) is 12.1. The fourth-order valence-electron chi connectivity index (χ4n) is 1.55. The average molecular weight is 236 g/mol. The Bertz CT molecular complexity index is 459. The highest BCUT2D eigenvalue weighted by atomic mass is 15.6. The van der Waals surface area contributed by atoms with Crippen molar-refractivity contribution in [2.75, 3.05) is 6.54 Å². The molecule has 2 aromatic rings. The lowest BCUT2D eigenvalue weighted by Crippen LogP contribution is -2.10. The molecule has 0 unspecified atom stereocenters. The van der Waals surface area contributed by atoms with Crippen LogP contribution in [0.4, 0.5) is 0 Å². The number of aryl methyl sites for hydroxylation is 1. The summed E-state index contributed by atoms with van der Waals surface area (Å²) in [4.78, 5) is 0. The van der Waals surface area contributed by atoms with Gasteiger partial charge in [0.25, 0.3) is 0 Å². The van der Waals surface area contributed by atoms with E-state index in [1.54, 1.807) is 9.36 Å². The van der Waals surface area contributed by atoms with E-state index in [1.165, 1.54) is 0 Å². The first-order valence-electron chi connectivity index (χ1n) is 5.67. The Hall–Kier alpha value is -1.83. The van der Waals surface area contributed by atoms with Crippen LogP contribution in [-0.4, -0.2) is 41.7 Å². The summed E-state index contributed by atoms with van der Waals surface area (Å²) in [6.45, 7) is 4.00. The van der Waals surface area contributed by atoms with Crippen LogP contribution in [0.25, 0.3) is 0 Å². The van der Waals surface area contributed by atoms with Crippen molar-refractivity contribution in [2.45, 2.75) is 32.9 Å². The molecule has 0 bridgehead atoms. The van der Waals surface area contributed by atoms with Crippen LogP contribution in [-0.2, 0) is 19.5 Å². The number of rotatable bonds is 6. The first-order chi connectivity index (χ1) is 8.33. The van der Waals surface area contributed by atoms with Crippen LogP contribution in [0.15, 0.2) is 6.20 Å². The maximum absolute atomic E-state index is 5.46. The lowest BCUT2D eigenvalue weighted by atomic mass is 10.3. The molecule has 92 valence electrons. The van der Waals surface area contributed by atoms with Gasteiger partial charge in [-0.1, -0.05) is 12.1 Å². The van der Waals surface area contributed by atoms with Crippen molar-refractivity contribution >= 4 is 0 Å². The summed E-state index contributed by atoms with van der Waals surface area (Å²) in [5, 5.41) is 19.6. The maximum Gasteiger partial charge on any atom is 0.172 e. The quantitative estimate of drug-likeness (QED) is 0.706. The highest BCUT2D eigenvalue weighted by Crippen LogP contribution is 1.99. The van der Waals surface area contributed by atoms with E-state index < -0.39 is 0 Å². The van der Waals surface area contributed by atoms with Gasteiger partial charge in [-0.15, -0.1) is 10.2 Å². The average Bonchev–Trinajstić information content (AvgIpc) is 2.91. The summed E-state index contributed by atoms with van der Waals surface area (Å²) in [5.41, 5.74) is 6.35. The van der Waals surface area contributed by atoms with Crippen LogP contribution in [0, 0.1) is 0 Å². The van der Waals surface area contributed by atoms with Crippen molar-refractivity contribution in [1.29, 1.82) is 0 Å². The molecule has 0 aliphatic carbocycles. The van der Waals surface area contributed by atoms with Crippen LogP contribution in [0.3, 0.4) is 0 Å². The van der Waals surface area contributed by atoms with Crippen LogP contribution >= 0.6 is 0 Å². The van der Waals surface area contributed by atoms with Gasteiger partial charge in [0.1, 0.15) is 6.54 Å². The Balaban J connectivity index is 2.05. The van der Waals surface area contributed by atoms with Gasteiger partial charge >= 0.3 is 0 Å². The van der Waals surface area contributed by atoms with E-state index in [2.05, 4.69) is 32.8 Å². The third-order valence-electron chi connectivity index (χ3n) is 2.33. The fourth-order valence-corrected chi connectivity index (χ4v) is 1.55. The molecule has 0 aromatic carbocycles. The molecule has 2 heterocycles. The summed E-state index contributed by atoms with van der Waals surface area (Å²) >= 11 is 0. The van der Waals surface area contributed by atoms with E-state index >= 15 is 0 Å². The molecular formula is C9H16N8. The molecule has 0 saturated carbocycles. The second kappa shape index (κ2) is 5.48. The van der Waals surface area contributed by atoms with Gasteiger partial charge < -0.3 is 5.73 Å². The summed E-state index contributed by atoms with van der Waals surface area (Å²) in [5.74, 6) is 0.788. The second-order valence-corrected chi connectivity index (χ2v) is 3.76. The van der Waals surface area contributed by atoms with Gasteiger partial charge in [0.2, 0.25) is 0 Å². The fraction of sp³-hybridized carbons (Fsp3) is 0.667. The Kier molecular flexibility index (Phi) is 3.76. The number of tetrazole rings is 1.